The van der Waals surface area contributed by atoms with E-state index in [-0.39, 0.29) is 17.8 Å². The first-order valence-corrected chi connectivity index (χ1v) is 12.1. The number of carboxylic acid groups (broad SMARTS) is 2. The van der Waals surface area contributed by atoms with E-state index in [1.54, 1.807) is 17.0 Å². The van der Waals surface area contributed by atoms with Gasteiger partial charge in [0, 0.05) is 49.9 Å². The Bertz CT molecular complexity index is 924. The molecule has 4 N–H and O–H groups in total. The van der Waals surface area contributed by atoms with Gasteiger partial charge in [-0.2, -0.15) is 0 Å². The maximum Gasteiger partial charge on any atom is 0.335 e. The van der Waals surface area contributed by atoms with Crippen LogP contribution in [0.5, 0.6) is 5.75 Å². The third-order valence-electron chi connectivity index (χ3n) is 6.01. The molecule has 0 aliphatic carbocycles. The number of rotatable bonds is 8. The Morgan fingerprint density at radius 1 is 1.03 bits per heavy atom. The molecule has 0 aromatic heterocycles. The first kappa shape index (κ1) is 30.2. The lowest BCUT2D eigenvalue weighted by atomic mass is 10.1. The minimum absolute atomic E-state index is 0.116. The third kappa shape index (κ3) is 9.73. The number of carbonyl (C=O) groups excluding carboxylic acids is 1. The number of ether oxygens (including phenoxy) is 2. The van der Waals surface area contributed by atoms with Crippen molar-refractivity contribution in [2.45, 2.75) is 51.0 Å². The van der Waals surface area contributed by atoms with Crippen molar-refractivity contribution in [1.29, 1.82) is 0 Å². The van der Waals surface area contributed by atoms with Crippen molar-refractivity contribution >= 4 is 23.9 Å². The summed E-state index contributed by atoms with van der Waals surface area (Å²) in [6, 6.07) is 5.40. The van der Waals surface area contributed by atoms with Crippen LogP contribution in [0.25, 0.3) is 6.08 Å². The predicted octanol–water partition coefficient (Wildman–Crippen LogP) is 0.827. The number of aliphatic hydroxyl groups is 2. The second kappa shape index (κ2) is 14.6. The Hall–Kier alpha value is -3.06. The molecule has 206 valence electrons. The van der Waals surface area contributed by atoms with Gasteiger partial charge in [-0.3, -0.25) is 4.79 Å². The fraction of sp³-hybridized carbons (Fsp3) is 0.560. The van der Waals surface area contributed by atoms with E-state index in [1.807, 2.05) is 0 Å². The summed E-state index contributed by atoms with van der Waals surface area (Å²) in [6.45, 7) is 8.68. The molecular weight excluding hydrogens is 491 g/mol. The van der Waals surface area contributed by atoms with E-state index in [0.717, 1.165) is 25.9 Å². The van der Waals surface area contributed by atoms with Crippen LogP contribution in [0.4, 0.5) is 4.39 Å². The lowest BCUT2D eigenvalue weighted by molar-refractivity contribution is -0.165. The fourth-order valence-electron chi connectivity index (χ4n) is 3.74. The molecule has 0 saturated carbocycles. The van der Waals surface area contributed by atoms with Gasteiger partial charge in [-0.25, -0.2) is 14.0 Å². The van der Waals surface area contributed by atoms with Crippen molar-refractivity contribution in [3.63, 3.8) is 0 Å². The Labute approximate surface area is 214 Å². The second-order valence-electron chi connectivity index (χ2n) is 8.97. The van der Waals surface area contributed by atoms with Gasteiger partial charge in [-0.1, -0.05) is 0 Å². The van der Waals surface area contributed by atoms with E-state index in [4.69, 9.17) is 29.9 Å². The molecule has 2 aliphatic rings. The van der Waals surface area contributed by atoms with Crippen LogP contribution < -0.4 is 4.74 Å². The number of nitrogens with zero attached hydrogens (tertiary/aromatic N) is 2. The molecule has 2 fully saturated rings. The number of amides is 1. The van der Waals surface area contributed by atoms with Crippen molar-refractivity contribution in [3.8, 4) is 5.75 Å². The Morgan fingerprint density at radius 3 is 2.08 bits per heavy atom. The highest BCUT2D eigenvalue weighted by Crippen LogP contribution is 2.23. The van der Waals surface area contributed by atoms with Crippen LogP contribution in [0.2, 0.25) is 0 Å². The van der Waals surface area contributed by atoms with Gasteiger partial charge < -0.3 is 39.7 Å². The lowest BCUT2D eigenvalue weighted by Crippen LogP contribution is -2.41. The van der Waals surface area contributed by atoms with Crippen LogP contribution in [-0.2, 0) is 19.1 Å². The van der Waals surface area contributed by atoms with Gasteiger partial charge in [0.1, 0.15) is 17.7 Å². The van der Waals surface area contributed by atoms with Crippen molar-refractivity contribution < 1.29 is 48.7 Å². The number of carbonyl (C=O) groups is 3. The quantitative estimate of drug-likeness (QED) is 0.358. The normalized spacial score (nSPS) is 18.7. The monoisotopic (exact) mass is 526 g/mol. The molecule has 0 unspecified atom stereocenters. The predicted molar refractivity (Wildman–Crippen MR) is 130 cm³/mol. The number of aliphatic hydroxyl groups excluding tert-OH is 2. The highest BCUT2D eigenvalue weighted by molar-refractivity contribution is 5.91. The Balaban J connectivity index is 0.000000410. The highest BCUT2D eigenvalue weighted by atomic mass is 19.1. The van der Waals surface area contributed by atoms with Crippen LogP contribution in [0.15, 0.2) is 24.3 Å². The van der Waals surface area contributed by atoms with Gasteiger partial charge in [0.2, 0.25) is 5.91 Å². The van der Waals surface area contributed by atoms with Crippen molar-refractivity contribution in [1.82, 2.24) is 9.80 Å². The molecule has 2 heterocycles. The van der Waals surface area contributed by atoms with E-state index >= 15 is 0 Å². The first-order chi connectivity index (χ1) is 17.5. The van der Waals surface area contributed by atoms with Crippen LogP contribution in [0.3, 0.4) is 0 Å². The molecule has 37 heavy (non-hydrogen) atoms. The van der Waals surface area contributed by atoms with E-state index in [1.165, 1.54) is 18.2 Å². The molecule has 1 aromatic rings. The largest absolute Gasteiger partial charge is 0.490 e. The topological polar surface area (TPSA) is 157 Å². The summed E-state index contributed by atoms with van der Waals surface area (Å²) in [7, 11) is 0. The van der Waals surface area contributed by atoms with Crippen molar-refractivity contribution in [2.75, 3.05) is 39.4 Å². The first-order valence-electron chi connectivity index (χ1n) is 12.1. The molecule has 0 bridgehead atoms. The van der Waals surface area contributed by atoms with Gasteiger partial charge in [0.25, 0.3) is 0 Å². The lowest BCUT2D eigenvalue weighted by Gasteiger charge is -2.34. The summed E-state index contributed by atoms with van der Waals surface area (Å²) in [5.74, 6) is -3.48. The molecule has 3 rings (SSSR count). The van der Waals surface area contributed by atoms with Gasteiger partial charge >= 0.3 is 11.9 Å². The molecule has 1 amide bonds. The number of benzene rings is 1. The summed E-state index contributed by atoms with van der Waals surface area (Å²) in [6.07, 6.45) is 0.452. The number of morpholine rings is 1. The molecule has 2 aliphatic heterocycles. The summed E-state index contributed by atoms with van der Waals surface area (Å²) in [5.41, 5.74) is 0.388. The van der Waals surface area contributed by atoms with Crippen LogP contribution in [0, 0.1) is 5.82 Å². The zero-order chi connectivity index (χ0) is 27.5. The number of hydrogen-bond donors (Lipinski definition) is 4. The Morgan fingerprint density at radius 2 is 1.59 bits per heavy atom. The third-order valence-corrected chi connectivity index (χ3v) is 6.01. The summed E-state index contributed by atoms with van der Waals surface area (Å²) in [5, 5.41) is 32.5. The zero-order valence-corrected chi connectivity index (χ0v) is 21.0. The second-order valence-corrected chi connectivity index (χ2v) is 8.97. The van der Waals surface area contributed by atoms with Gasteiger partial charge in [0.05, 0.1) is 13.2 Å². The molecule has 2 saturated heterocycles. The number of carboxylic acids is 2. The maximum absolute atomic E-state index is 14.4. The average Bonchev–Trinajstić information content (AvgIpc) is 2.88. The summed E-state index contributed by atoms with van der Waals surface area (Å²) >= 11 is 0. The van der Waals surface area contributed by atoms with Gasteiger partial charge in [-0.05, 0) is 44.9 Å². The van der Waals surface area contributed by atoms with E-state index in [2.05, 4.69) is 18.7 Å². The molecule has 2 atom stereocenters. The van der Waals surface area contributed by atoms with Crippen LogP contribution >= 0.6 is 0 Å². The fourth-order valence-corrected chi connectivity index (χ4v) is 3.74. The summed E-state index contributed by atoms with van der Waals surface area (Å²) in [4.78, 5) is 35.8. The maximum atomic E-state index is 14.4. The SMILES string of the molecule is CC(C)N1CCC(Oc2ccc(C=CC(=O)N3CCOCC3)c(F)c2)CC1.O=C(O)[C@H](O)[C@@H](O)C(=O)O. The molecular formula is C25H35FN2O9. The smallest absolute Gasteiger partial charge is 0.335 e. The standard InChI is InChI=1S/C21H29FN2O3.C4H6O6/c1-16(2)23-9-7-18(8-10-23)27-19-5-3-17(20(22)15-19)4-6-21(25)24-11-13-26-14-12-24;5-1(3(7)8)2(6)4(9)10/h3-6,15-16,18H,7-14H2,1-2H3;1-2,5-6H,(H,7,8)(H,9,10)/t;1-,2-/m.1/s1. The van der Waals surface area contributed by atoms with Crippen LogP contribution in [-0.4, -0.2) is 112 Å². The minimum atomic E-state index is -2.27. The highest BCUT2D eigenvalue weighted by Gasteiger charge is 2.29. The molecule has 0 radical (unpaired) electrons. The van der Waals surface area contributed by atoms with Crippen molar-refractivity contribution in [2.24, 2.45) is 0 Å². The minimum Gasteiger partial charge on any atom is -0.490 e. The zero-order valence-electron chi connectivity index (χ0n) is 21.0. The van der Waals surface area contributed by atoms with E-state index in [9.17, 15) is 18.8 Å². The number of hydrogen-bond acceptors (Lipinski definition) is 8. The number of halogens is 1. The average molecular weight is 527 g/mol. The number of piperidine rings is 1. The Kier molecular flexibility index (Phi) is 11.9. The summed E-state index contributed by atoms with van der Waals surface area (Å²) < 4.78 is 25.6. The van der Waals surface area contributed by atoms with Crippen LogP contribution in [0.1, 0.15) is 32.3 Å². The van der Waals surface area contributed by atoms with Gasteiger partial charge in [0.15, 0.2) is 12.2 Å². The number of likely N-dealkylation sites (tertiary alicyclic amines) is 1. The van der Waals surface area contributed by atoms with E-state index in [0.29, 0.717) is 43.7 Å². The molecule has 12 heteroatoms. The molecule has 0 spiro atoms. The van der Waals surface area contributed by atoms with Crippen molar-refractivity contribution in [3.05, 3.63) is 35.7 Å². The number of aliphatic carboxylic acids is 2. The van der Waals surface area contributed by atoms with Gasteiger partial charge in [-0.15, -0.1) is 0 Å². The van der Waals surface area contributed by atoms with E-state index < -0.39 is 24.1 Å². The molecule has 1 aromatic carbocycles. The molecule has 11 nitrogen and oxygen atoms in total.